The van der Waals surface area contributed by atoms with E-state index in [1.54, 1.807) is 11.8 Å². The van der Waals surface area contributed by atoms with Gasteiger partial charge in [-0.3, -0.25) is 14.5 Å². The highest BCUT2D eigenvalue weighted by Gasteiger charge is 2.14. The fourth-order valence-electron chi connectivity index (χ4n) is 2.27. The Labute approximate surface area is 127 Å². The summed E-state index contributed by atoms with van der Waals surface area (Å²) in [5, 5.41) is 2.87. The number of nitrogens with one attached hydrogen (secondary N) is 1. The lowest BCUT2D eigenvalue weighted by molar-refractivity contribution is -0.129. The lowest BCUT2D eigenvalue weighted by Gasteiger charge is -2.29. The molecule has 2 amide bonds. The summed E-state index contributed by atoms with van der Waals surface area (Å²) in [5.41, 5.74) is 0. The second-order valence-electron chi connectivity index (χ2n) is 5.41. The maximum absolute atomic E-state index is 11.6. The van der Waals surface area contributed by atoms with Crippen molar-refractivity contribution in [2.45, 2.75) is 33.1 Å². The molecule has 0 aromatic carbocycles. The highest BCUT2D eigenvalue weighted by atomic mass is 16.5. The molecule has 1 saturated heterocycles. The molecule has 6 heteroatoms. The lowest BCUT2D eigenvalue weighted by Crippen LogP contribution is -2.44. The number of ether oxygens (including phenoxy) is 1. The molecule has 122 valence electrons. The van der Waals surface area contributed by atoms with Crippen LogP contribution in [-0.2, 0) is 14.3 Å². The molecule has 0 bridgehead atoms. The van der Waals surface area contributed by atoms with E-state index in [4.69, 9.17) is 4.74 Å². The first-order valence-electron chi connectivity index (χ1n) is 7.95. The molecule has 0 unspecified atom stereocenters. The highest BCUT2D eigenvalue weighted by molar-refractivity contribution is 5.76. The van der Waals surface area contributed by atoms with Crippen LogP contribution in [0.25, 0.3) is 0 Å². The molecule has 1 heterocycles. The predicted octanol–water partition coefficient (Wildman–Crippen LogP) is 0.474. The van der Waals surface area contributed by atoms with Crippen molar-refractivity contribution in [3.8, 4) is 0 Å². The van der Waals surface area contributed by atoms with Crippen molar-refractivity contribution < 1.29 is 14.3 Å². The Bertz CT molecular complexity index is 317. The van der Waals surface area contributed by atoms with Gasteiger partial charge in [-0.05, 0) is 6.42 Å². The summed E-state index contributed by atoms with van der Waals surface area (Å²) >= 11 is 0. The van der Waals surface area contributed by atoms with Crippen molar-refractivity contribution in [3.63, 3.8) is 0 Å². The summed E-state index contributed by atoms with van der Waals surface area (Å²) in [4.78, 5) is 27.3. The van der Waals surface area contributed by atoms with Crippen LogP contribution in [0.4, 0.5) is 0 Å². The zero-order chi connectivity index (χ0) is 15.5. The molecule has 1 rings (SSSR count). The SMILES string of the molecule is CCCCC(=O)NCCN(CCN1CCOCC1)C(C)=O. The fraction of sp³-hybridized carbons (Fsp3) is 0.867. The van der Waals surface area contributed by atoms with Crippen LogP contribution in [0.5, 0.6) is 0 Å². The van der Waals surface area contributed by atoms with Crippen LogP contribution >= 0.6 is 0 Å². The Morgan fingerprint density at radius 1 is 1.24 bits per heavy atom. The molecule has 1 fully saturated rings. The Morgan fingerprint density at radius 3 is 2.57 bits per heavy atom. The standard InChI is InChI=1S/C15H29N3O3/c1-3-4-5-15(20)16-6-7-18(14(2)19)9-8-17-10-12-21-13-11-17/h3-13H2,1-2H3,(H,16,20). The van der Waals surface area contributed by atoms with Crippen LogP contribution in [0.2, 0.25) is 0 Å². The van der Waals surface area contributed by atoms with E-state index in [9.17, 15) is 9.59 Å². The van der Waals surface area contributed by atoms with Crippen molar-refractivity contribution in [1.29, 1.82) is 0 Å². The van der Waals surface area contributed by atoms with E-state index in [1.165, 1.54) is 0 Å². The average molecular weight is 299 g/mol. The number of rotatable bonds is 9. The number of carbonyl (C=O) groups is 2. The van der Waals surface area contributed by atoms with Crippen molar-refractivity contribution in [3.05, 3.63) is 0 Å². The summed E-state index contributed by atoms with van der Waals surface area (Å²) in [7, 11) is 0. The van der Waals surface area contributed by atoms with E-state index in [2.05, 4.69) is 17.1 Å². The second kappa shape index (κ2) is 10.6. The van der Waals surface area contributed by atoms with E-state index < -0.39 is 0 Å². The molecular formula is C15H29N3O3. The van der Waals surface area contributed by atoms with Crippen LogP contribution in [-0.4, -0.2) is 74.1 Å². The van der Waals surface area contributed by atoms with Crippen LogP contribution < -0.4 is 5.32 Å². The van der Waals surface area contributed by atoms with Crippen molar-refractivity contribution in [1.82, 2.24) is 15.1 Å². The lowest BCUT2D eigenvalue weighted by atomic mass is 10.2. The Hall–Kier alpha value is -1.14. The van der Waals surface area contributed by atoms with Gasteiger partial charge >= 0.3 is 0 Å². The van der Waals surface area contributed by atoms with Gasteiger partial charge in [0.15, 0.2) is 0 Å². The van der Waals surface area contributed by atoms with E-state index in [0.717, 1.165) is 45.7 Å². The maximum Gasteiger partial charge on any atom is 0.220 e. The molecule has 0 aromatic rings. The fourth-order valence-corrected chi connectivity index (χ4v) is 2.27. The molecule has 21 heavy (non-hydrogen) atoms. The number of morpholine rings is 1. The van der Waals surface area contributed by atoms with Gasteiger partial charge in [-0.15, -0.1) is 0 Å². The monoisotopic (exact) mass is 299 g/mol. The zero-order valence-corrected chi connectivity index (χ0v) is 13.4. The van der Waals surface area contributed by atoms with Crippen molar-refractivity contribution >= 4 is 11.8 Å². The van der Waals surface area contributed by atoms with E-state index in [0.29, 0.717) is 26.1 Å². The third kappa shape index (κ3) is 8.02. The van der Waals surface area contributed by atoms with Crippen LogP contribution in [0.3, 0.4) is 0 Å². The summed E-state index contributed by atoms with van der Waals surface area (Å²) in [6, 6.07) is 0. The second-order valence-corrected chi connectivity index (χ2v) is 5.41. The average Bonchev–Trinajstić information content (AvgIpc) is 2.49. The highest BCUT2D eigenvalue weighted by Crippen LogP contribution is 1.98. The zero-order valence-electron chi connectivity index (χ0n) is 13.4. The molecule has 0 radical (unpaired) electrons. The first-order valence-corrected chi connectivity index (χ1v) is 7.95. The number of unbranched alkanes of at least 4 members (excludes halogenated alkanes) is 1. The topological polar surface area (TPSA) is 61.9 Å². The van der Waals surface area contributed by atoms with Gasteiger partial charge in [0.05, 0.1) is 13.2 Å². The summed E-state index contributed by atoms with van der Waals surface area (Å²) in [5.74, 6) is 0.139. The first-order chi connectivity index (χ1) is 10.1. The first kappa shape index (κ1) is 17.9. The Kier molecular flexibility index (Phi) is 9.01. The Balaban J connectivity index is 2.20. The number of carbonyl (C=O) groups excluding carboxylic acids is 2. The van der Waals surface area contributed by atoms with Gasteiger partial charge in [-0.25, -0.2) is 0 Å². The quantitative estimate of drug-likeness (QED) is 0.672. The van der Waals surface area contributed by atoms with Gasteiger partial charge in [0, 0.05) is 52.6 Å². The van der Waals surface area contributed by atoms with Gasteiger partial charge in [-0.2, -0.15) is 0 Å². The minimum atomic E-state index is 0.0612. The van der Waals surface area contributed by atoms with Crippen LogP contribution in [0, 0.1) is 0 Å². The number of amides is 2. The smallest absolute Gasteiger partial charge is 0.220 e. The molecule has 1 N–H and O–H groups in total. The van der Waals surface area contributed by atoms with Gasteiger partial charge in [0.1, 0.15) is 0 Å². The molecule has 0 aromatic heterocycles. The molecule has 1 aliphatic heterocycles. The molecule has 0 spiro atoms. The summed E-state index contributed by atoms with van der Waals surface area (Å²) in [6.07, 6.45) is 2.51. The minimum absolute atomic E-state index is 0.0612. The molecule has 1 aliphatic rings. The predicted molar refractivity (Wildman–Crippen MR) is 82.0 cm³/mol. The Morgan fingerprint density at radius 2 is 1.95 bits per heavy atom. The van der Waals surface area contributed by atoms with Crippen LogP contribution in [0.15, 0.2) is 0 Å². The molecular weight excluding hydrogens is 270 g/mol. The van der Waals surface area contributed by atoms with Gasteiger partial charge in [0.2, 0.25) is 11.8 Å². The third-order valence-corrected chi connectivity index (χ3v) is 3.70. The third-order valence-electron chi connectivity index (χ3n) is 3.70. The van der Waals surface area contributed by atoms with Crippen molar-refractivity contribution in [2.24, 2.45) is 0 Å². The summed E-state index contributed by atoms with van der Waals surface area (Å²) < 4.78 is 5.31. The largest absolute Gasteiger partial charge is 0.379 e. The number of nitrogens with zero attached hydrogens (tertiary/aromatic N) is 2. The van der Waals surface area contributed by atoms with Gasteiger partial charge in [0.25, 0.3) is 0 Å². The van der Waals surface area contributed by atoms with E-state index in [-0.39, 0.29) is 11.8 Å². The molecule has 0 atom stereocenters. The molecule has 6 nitrogen and oxygen atoms in total. The number of hydrogen-bond acceptors (Lipinski definition) is 4. The molecule has 0 aliphatic carbocycles. The molecule has 0 saturated carbocycles. The van der Waals surface area contributed by atoms with Gasteiger partial charge < -0.3 is 15.0 Å². The minimum Gasteiger partial charge on any atom is -0.379 e. The van der Waals surface area contributed by atoms with Crippen molar-refractivity contribution in [2.75, 3.05) is 52.5 Å². The van der Waals surface area contributed by atoms with E-state index in [1.807, 2.05) is 0 Å². The summed E-state index contributed by atoms with van der Waals surface area (Å²) in [6.45, 7) is 9.74. The maximum atomic E-state index is 11.6. The number of hydrogen-bond donors (Lipinski definition) is 1. The normalized spacial score (nSPS) is 15.7. The van der Waals surface area contributed by atoms with Crippen LogP contribution in [0.1, 0.15) is 33.1 Å². The van der Waals surface area contributed by atoms with E-state index >= 15 is 0 Å². The van der Waals surface area contributed by atoms with Gasteiger partial charge in [-0.1, -0.05) is 13.3 Å².